The first-order chi connectivity index (χ1) is 8.29. The van der Waals surface area contributed by atoms with E-state index in [1.165, 1.54) is 0 Å². The van der Waals surface area contributed by atoms with Crippen LogP contribution in [0.1, 0.15) is 16.1 Å². The van der Waals surface area contributed by atoms with Gasteiger partial charge in [-0.2, -0.15) is 11.3 Å². The number of anilines is 1. The summed E-state index contributed by atoms with van der Waals surface area (Å²) in [6.07, 6.45) is 0. The molecular weight excluding hydrogens is 236 g/mol. The molecule has 88 valence electrons. The molecule has 0 saturated heterocycles. The van der Waals surface area contributed by atoms with Gasteiger partial charge < -0.3 is 10.6 Å². The first-order valence-electron chi connectivity index (χ1n) is 5.10. The second-order valence-electron chi connectivity index (χ2n) is 3.37. The Labute approximate surface area is 103 Å². The molecule has 0 unspecified atom stereocenters. The number of carbonyl (C=O) groups excluding carboxylic acids is 1. The van der Waals surface area contributed by atoms with Crippen molar-refractivity contribution in [3.05, 3.63) is 40.2 Å². The monoisotopic (exact) mass is 248 g/mol. The highest BCUT2D eigenvalue weighted by Crippen LogP contribution is 2.06. The molecular formula is C11H12N4OS. The summed E-state index contributed by atoms with van der Waals surface area (Å²) in [5, 5.41) is 17.3. The Kier molecular flexibility index (Phi) is 3.66. The van der Waals surface area contributed by atoms with Crippen LogP contribution < -0.4 is 10.6 Å². The van der Waals surface area contributed by atoms with Gasteiger partial charge in [-0.1, -0.05) is 0 Å². The molecule has 2 aromatic rings. The van der Waals surface area contributed by atoms with Gasteiger partial charge >= 0.3 is 0 Å². The van der Waals surface area contributed by atoms with Gasteiger partial charge in [0.05, 0.1) is 0 Å². The smallest absolute Gasteiger partial charge is 0.272 e. The largest absolute Gasteiger partial charge is 0.372 e. The van der Waals surface area contributed by atoms with E-state index in [1.807, 2.05) is 16.8 Å². The van der Waals surface area contributed by atoms with Crippen molar-refractivity contribution in [2.75, 3.05) is 12.4 Å². The lowest BCUT2D eigenvalue weighted by Crippen LogP contribution is -2.23. The van der Waals surface area contributed by atoms with E-state index in [-0.39, 0.29) is 5.91 Å². The normalized spacial score (nSPS) is 9.94. The van der Waals surface area contributed by atoms with Crippen molar-refractivity contribution in [1.29, 1.82) is 0 Å². The minimum Gasteiger partial charge on any atom is -0.372 e. The summed E-state index contributed by atoms with van der Waals surface area (Å²) < 4.78 is 0. The predicted molar refractivity (Wildman–Crippen MR) is 67.1 cm³/mol. The van der Waals surface area contributed by atoms with Crippen LogP contribution in [0.15, 0.2) is 29.0 Å². The zero-order chi connectivity index (χ0) is 12.1. The fraction of sp³-hybridized carbons (Fsp3) is 0.182. The Bertz CT molecular complexity index is 481. The molecule has 0 saturated carbocycles. The zero-order valence-corrected chi connectivity index (χ0v) is 10.1. The van der Waals surface area contributed by atoms with Gasteiger partial charge in [-0.05, 0) is 34.5 Å². The molecule has 5 nitrogen and oxygen atoms in total. The number of hydrogen-bond acceptors (Lipinski definition) is 5. The van der Waals surface area contributed by atoms with Crippen molar-refractivity contribution < 1.29 is 4.79 Å². The third kappa shape index (κ3) is 3.01. The molecule has 1 amide bonds. The standard InChI is InChI=1S/C11H12N4OS/c1-12-10-3-2-9(14-15-10)11(16)13-6-8-4-5-17-7-8/h2-5,7H,6H2,1H3,(H,12,15)(H,13,16). The van der Waals surface area contributed by atoms with Crippen LogP contribution in [-0.4, -0.2) is 23.2 Å². The first kappa shape index (κ1) is 11.5. The number of rotatable bonds is 4. The fourth-order valence-corrected chi connectivity index (χ4v) is 1.92. The van der Waals surface area contributed by atoms with E-state index in [9.17, 15) is 4.79 Å². The molecule has 6 heteroatoms. The van der Waals surface area contributed by atoms with E-state index >= 15 is 0 Å². The highest BCUT2D eigenvalue weighted by atomic mass is 32.1. The maximum atomic E-state index is 11.7. The molecule has 0 fully saturated rings. The van der Waals surface area contributed by atoms with Crippen LogP contribution in [0.3, 0.4) is 0 Å². The quantitative estimate of drug-likeness (QED) is 0.860. The van der Waals surface area contributed by atoms with Gasteiger partial charge in [0, 0.05) is 13.6 Å². The van der Waals surface area contributed by atoms with Crippen molar-refractivity contribution >= 4 is 23.1 Å². The Morgan fingerprint density at radius 1 is 1.35 bits per heavy atom. The highest BCUT2D eigenvalue weighted by Gasteiger charge is 2.07. The first-order valence-corrected chi connectivity index (χ1v) is 6.04. The van der Waals surface area contributed by atoms with Gasteiger partial charge in [0.2, 0.25) is 0 Å². The van der Waals surface area contributed by atoms with E-state index in [0.29, 0.717) is 18.1 Å². The Morgan fingerprint density at radius 3 is 2.82 bits per heavy atom. The highest BCUT2D eigenvalue weighted by molar-refractivity contribution is 7.07. The molecule has 2 heterocycles. The van der Waals surface area contributed by atoms with Crippen LogP contribution in [0.2, 0.25) is 0 Å². The van der Waals surface area contributed by atoms with Crippen LogP contribution in [0, 0.1) is 0 Å². The summed E-state index contributed by atoms with van der Waals surface area (Å²) in [7, 11) is 1.75. The average molecular weight is 248 g/mol. The van der Waals surface area contributed by atoms with Crippen molar-refractivity contribution in [2.24, 2.45) is 0 Å². The molecule has 0 bridgehead atoms. The fourth-order valence-electron chi connectivity index (χ4n) is 1.25. The molecule has 2 aromatic heterocycles. The molecule has 0 aliphatic heterocycles. The average Bonchev–Trinajstić information content (AvgIpc) is 2.89. The van der Waals surface area contributed by atoms with Crippen molar-refractivity contribution in [2.45, 2.75) is 6.54 Å². The second-order valence-corrected chi connectivity index (χ2v) is 4.15. The number of amides is 1. The van der Waals surface area contributed by atoms with Gasteiger partial charge in [-0.3, -0.25) is 4.79 Å². The summed E-state index contributed by atoms with van der Waals surface area (Å²) in [6, 6.07) is 5.33. The topological polar surface area (TPSA) is 66.9 Å². The van der Waals surface area contributed by atoms with Crippen LogP contribution in [0.4, 0.5) is 5.82 Å². The van der Waals surface area contributed by atoms with Crippen LogP contribution in [-0.2, 0) is 6.54 Å². The minimum atomic E-state index is -0.216. The summed E-state index contributed by atoms with van der Waals surface area (Å²) in [4.78, 5) is 11.7. The number of thiophene rings is 1. The number of hydrogen-bond donors (Lipinski definition) is 2. The van der Waals surface area contributed by atoms with Crippen LogP contribution >= 0.6 is 11.3 Å². The van der Waals surface area contributed by atoms with E-state index < -0.39 is 0 Å². The SMILES string of the molecule is CNc1ccc(C(=O)NCc2ccsc2)nn1. The summed E-state index contributed by atoms with van der Waals surface area (Å²) in [6.45, 7) is 0.512. The maximum absolute atomic E-state index is 11.7. The Balaban J connectivity index is 1.95. The lowest BCUT2D eigenvalue weighted by Gasteiger charge is -2.03. The molecule has 2 rings (SSSR count). The third-order valence-electron chi connectivity index (χ3n) is 2.19. The molecule has 0 atom stereocenters. The Hall–Kier alpha value is -1.95. The number of carbonyl (C=O) groups is 1. The van der Waals surface area contributed by atoms with Crippen molar-refractivity contribution in [3.63, 3.8) is 0 Å². The van der Waals surface area contributed by atoms with E-state index in [4.69, 9.17) is 0 Å². The van der Waals surface area contributed by atoms with Crippen molar-refractivity contribution in [1.82, 2.24) is 15.5 Å². The molecule has 0 radical (unpaired) electrons. The van der Waals surface area contributed by atoms with Crippen LogP contribution in [0.25, 0.3) is 0 Å². The number of nitrogens with zero attached hydrogens (tertiary/aromatic N) is 2. The molecule has 2 N–H and O–H groups in total. The van der Waals surface area contributed by atoms with Gasteiger partial charge in [-0.15, -0.1) is 10.2 Å². The lowest BCUT2D eigenvalue weighted by molar-refractivity contribution is 0.0945. The second kappa shape index (κ2) is 5.40. The lowest BCUT2D eigenvalue weighted by atomic mass is 10.3. The zero-order valence-electron chi connectivity index (χ0n) is 9.30. The number of nitrogens with one attached hydrogen (secondary N) is 2. The summed E-state index contributed by atoms with van der Waals surface area (Å²) in [5.74, 6) is 0.422. The van der Waals surface area contributed by atoms with Gasteiger partial charge in [0.1, 0.15) is 5.82 Å². The van der Waals surface area contributed by atoms with E-state index in [2.05, 4.69) is 20.8 Å². The third-order valence-corrected chi connectivity index (χ3v) is 2.92. The molecule has 0 aliphatic carbocycles. The predicted octanol–water partition coefficient (Wildman–Crippen LogP) is 1.51. The molecule has 0 aromatic carbocycles. The van der Waals surface area contributed by atoms with Crippen LogP contribution in [0.5, 0.6) is 0 Å². The van der Waals surface area contributed by atoms with Gasteiger partial charge in [-0.25, -0.2) is 0 Å². The summed E-state index contributed by atoms with van der Waals surface area (Å²) in [5.41, 5.74) is 1.40. The van der Waals surface area contributed by atoms with Gasteiger partial charge in [0.25, 0.3) is 5.91 Å². The van der Waals surface area contributed by atoms with Crippen molar-refractivity contribution in [3.8, 4) is 0 Å². The Morgan fingerprint density at radius 2 is 2.24 bits per heavy atom. The molecule has 0 spiro atoms. The number of aromatic nitrogens is 2. The van der Waals surface area contributed by atoms with E-state index in [0.717, 1.165) is 5.56 Å². The van der Waals surface area contributed by atoms with E-state index in [1.54, 1.807) is 30.5 Å². The minimum absolute atomic E-state index is 0.216. The maximum Gasteiger partial charge on any atom is 0.272 e. The molecule has 0 aliphatic rings. The molecule has 17 heavy (non-hydrogen) atoms. The summed E-state index contributed by atoms with van der Waals surface area (Å²) >= 11 is 1.60. The van der Waals surface area contributed by atoms with Gasteiger partial charge in [0.15, 0.2) is 5.69 Å².